The Morgan fingerprint density at radius 1 is 0.902 bits per heavy atom. The van der Waals surface area contributed by atoms with Crippen molar-refractivity contribution >= 4 is 22.7 Å². The van der Waals surface area contributed by atoms with Crippen molar-refractivity contribution in [1.29, 1.82) is 0 Å². The first-order valence-corrected chi connectivity index (χ1v) is 12.7. The molecule has 2 aromatic carbocycles. The second kappa shape index (κ2) is 11.0. The number of benzene rings is 2. The number of hydrogen-bond donors (Lipinski definition) is 2. The van der Waals surface area contributed by atoms with E-state index in [-0.39, 0.29) is 44.6 Å². The first-order valence-electron chi connectivity index (χ1n) is 12.7. The largest absolute Gasteiger partial charge is 0.416 e. The Bertz CT molecular complexity index is 1510. The number of H-pyrrole nitrogens is 1. The van der Waals surface area contributed by atoms with Crippen LogP contribution in [0.25, 0.3) is 10.9 Å². The quantitative estimate of drug-likeness (QED) is 0.312. The van der Waals surface area contributed by atoms with Crippen molar-refractivity contribution in [2.45, 2.75) is 24.8 Å². The molecule has 41 heavy (non-hydrogen) atoms. The SMILES string of the molecule is O=C(CN1CCN(C(=O)c2cc(C(F)(F)F)cc(C(F)(F)F)c2)[C@H](Cc2c[nH]c3ccccc23)C1)Nn1cccc1. The Morgan fingerprint density at radius 3 is 2.22 bits per heavy atom. The van der Waals surface area contributed by atoms with E-state index in [2.05, 4.69) is 10.4 Å². The molecule has 5 rings (SSSR count). The van der Waals surface area contributed by atoms with Crippen molar-refractivity contribution in [3.8, 4) is 0 Å². The maximum Gasteiger partial charge on any atom is 0.416 e. The number of aromatic amines is 1. The summed E-state index contributed by atoms with van der Waals surface area (Å²) in [4.78, 5) is 32.4. The van der Waals surface area contributed by atoms with Gasteiger partial charge in [0.05, 0.1) is 17.7 Å². The van der Waals surface area contributed by atoms with Gasteiger partial charge in [-0.3, -0.25) is 24.6 Å². The van der Waals surface area contributed by atoms with Gasteiger partial charge in [-0.05, 0) is 48.4 Å². The van der Waals surface area contributed by atoms with Gasteiger partial charge >= 0.3 is 12.4 Å². The highest BCUT2D eigenvalue weighted by atomic mass is 19.4. The molecule has 216 valence electrons. The average Bonchev–Trinajstić information content (AvgIpc) is 3.57. The molecule has 4 aromatic rings. The van der Waals surface area contributed by atoms with Crippen molar-refractivity contribution in [1.82, 2.24) is 19.5 Å². The van der Waals surface area contributed by atoms with Gasteiger partial charge in [0.15, 0.2) is 0 Å². The van der Waals surface area contributed by atoms with E-state index in [9.17, 15) is 35.9 Å². The Kier molecular flexibility index (Phi) is 7.56. The molecule has 0 radical (unpaired) electrons. The molecule has 3 heterocycles. The number of hydrogen-bond acceptors (Lipinski definition) is 3. The number of alkyl halides is 6. The van der Waals surface area contributed by atoms with Gasteiger partial charge in [-0.1, -0.05) is 18.2 Å². The molecule has 0 unspecified atom stereocenters. The summed E-state index contributed by atoms with van der Waals surface area (Å²) in [6.07, 6.45) is -4.83. The summed E-state index contributed by atoms with van der Waals surface area (Å²) in [5.74, 6) is -1.26. The van der Waals surface area contributed by atoms with E-state index in [1.165, 1.54) is 9.58 Å². The van der Waals surface area contributed by atoms with Crippen molar-refractivity contribution in [2.75, 3.05) is 31.6 Å². The van der Waals surface area contributed by atoms with E-state index in [1.54, 1.807) is 35.6 Å². The summed E-state index contributed by atoms with van der Waals surface area (Å²) < 4.78 is 82.4. The molecule has 0 spiro atoms. The third-order valence-electron chi connectivity index (χ3n) is 7.02. The standard InChI is InChI=1S/C28H25F6N5O2/c29-27(30,31)20-11-18(12-21(14-20)28(32,33)34)26(41)39-10-9-37(17-25(40)36-38-7-3-4-8-38)16-22(39)13-19-15-35-24-6-2-1-5-23(19)24/h1-8,11-12,14-15,22,35H,9-10,13,16-17H2,(H,36,40)/t22-/m1/s1. The lowest BCUT2D eigenvalue weighted by Crippen LogP contribution is -2.57. The van der Waals surface area contributed by atoms with Crippen LogP contribution in [0.4, 0.5) is 26.3 Å². The fourth-order valence-electron chi connectivity index (χ4n) is 5.10. The lowest BCUT2D eigenvalue weighted by atomic mass is 9.98. The third kappa shape index (κ3) is 6.40. The number of piperazine rings is 1. The molecule has 13 heteroatoms. The first kappa shape index (κ1) is 28.3. The maximum absolute atomic E-state index is 13.6. The van der Waals surface area contributed by atoms with Gasteiger partial charge < -0.3 is 9.88 Å². The Hall–Kier alpha value is -4.26. The van der Waals surface area contributed by atoms with Crippen molar-refractivity contribution < 1.29 is 35.9 Å². The number of para-hydroxylation sites is 1. The topological polar surface area (TPSA) is 73.4 Å². The molecule has 2 aromatic heterocycles. The van der Waals surface area contributed by atoms with E-state index in [0.717, 1.165) is 16.5 Å². The molecule has 0 aliphatic carbocycles. The second-order valence-electron chi connectivity index (χ2n) is 9.87. The van der Waals surface area contributed by atoms with Crippen LogP contribution in [0.5, 0.6) is 0 Å². The monoisotopic (exact) mass is 577 g/mol. The summed E-state index contributed by atoms with van der Waals surface area (Å²) in [6, 6.07) is 11.2. The van der Waals surface area contributed by atoms with Crippen LogP contribution in [0.1, 0.15) is 27.0 Å². The van der Waals surface area contributed by atoms with Crippen LogP contribution < -0.4 is 5.43 Å². The minimum absolute atomic E-state index is 0.000250. The minimum Gasteiger partial charge on any atom is -0.361 e. The van der Waals surface area contributed by atoms with E-state index < -0.39 is 41.0 Å². The molecule has 7 nitrogen and oxygen atoms in total. The number of rotatable bonds is 6. The molecule has 1 fully saturated rings. The third-order valence-corrected chi connectivity index (χ3v) is 7.02. The molecular formula is C28H25F6N5O2. The number of aromatic nitrogens is 2. The lowest BCUT2D eigenvalue weighted by molar-refractivity contribution is -0.143. The fraction of sp³-hybridized carbons (Fsp3) is 0.286. The molecule has 1 atom stereocenters. The summed E-state index contributed by atoms with van der Waals surface area (Å²) in [5.41, 5.74) is 0.550. The number of amides is 2. The molecule has 1 saturated heterocycles. The number of nitrogens with zero attached hydrogens (tertiary/aromatic N) is 3. The lowest BCUT2D eigenvalue weighted by Gasteiger charge is -2.41. The van der Waals surface area contributed by atoms with Gasteiger partial charge in [0, 0.05) is 60.7 Å². The summed E-state index contributed by atoms with van der Waals surface area (Å²) >= 11 is 0. The van der Waals surface area contributed by atoms with Crippen LogP contribution in [-0.4, -0.2) is 63.5 Å². The summed E-state index contributed by atoms with van der Waals surface area (Å²) in [5, 5.41) is 0.876. The van der Waals surface area contributed by atoms with Crippen LogP contribution in [0.15, 0.2) is 73.2 Å². The first-order chi connectivity index (χ1) is 19.4. The zero-order valence-corrected chi connectivity index (χ0v) is 21.5. The number of carbonyl (C=O) groups is 2. The molecular weight excluding hydrogens is 552 g/mol. The van der Waals surface area contributed by atoms with Crippen molar-refractivity contribution in [3.05, 3.63) is 95.4 Å². The average molecular weight is 578 g/mol. The molecule has 0 bridgehead atoms. The number of halogens is 6. The zero-order valence-electron chi connectivity index (χ0n) is 21.5. The molecule has 2 amide bonds. The highest BCUT2D eigenvalue weighted by Crippen LogP contribution is 2.37. The van der Waals surface area contributed by atoms with Gasteiger partial charge in [0.2, 0.25) is 0 Å². The number of fused-ring (bicyclic) bond motifs is 1. The second-order valence-corrected chi connectivity index (χ2v) is 9.87. The molecule has 0 saturated carbocycles. The Morgan fingerprint density at radius 2 is 1.56 bits per heavy atom. The van der Waals surface area contributed by atoms with Gasteiger partial charge in [-0.25, -0.2) is 0 Å². The highest BCUT2D eigenvalue weighted by Gasteiger charge is 2.39. The number of nitrogens with one attached hydrogen (secondary N) is 2. The minimum atomic E-state index is -5.08. The smallest absolute Gasteiger partial charge is 0.361 e. The molecule has 1 aliphatic heterocycles. The maximum atomic E-state index is 13.6. The van der Waals surface area contributed by atoms with E-state index in [0.29, 0.717) is 12.1 Å². The summed E-state index contributed by atoms with van der Waals surface area (Å²) in [7, 11) is 0. The normalized spacial score (nSPS) is 16.7. The van der Waals surface area contributed by atoms with Crippen LogP contribution in [0.2, 0.25) is 0 Å². The van der Waals surface area contributed by atoms with Crippen LogP contribution >= 0.6 is 0 Å². The van der Waals surface area contributed by atoms with Gasteiger partial charge in [-0.2, -0.15) is 26.3 Å². The Labute approximate surface area is 230 Å². The predicted molar refractivity (Wildman–Crippen MR) is 139 cm³/mol. The Balaban J connectivity index is 1.44. The van der Waals surface area contributed by atoms with Crippen molar-refractivity contribution in [3.63, 3.8) is 0 Å². The predicted octanol–water partition coefficient (Wildman–Crippen LogP) is 5.15. The van der Waals surface area contributed by atoms with E-state index >= 15 is 0 Å². The molecule has 2 N–H and O–H groups in total. The zero-order chi connectivity index (χ0) is 29.4. The summed E-state index contributed by atoms with van der Waals surface area (Å²) in [6.45, 7) is 0.350. The van der Waals surface area contributed by atoms with E-state index in [1.807, 2.05) is 24.3 Å². The van der Waals surface area contributed by atoms with E-state index in [4.69, 9.17) is 0 Å². The van der Waals surface area contributed by atoms with Crippen LogP contribution in [-0.2, 0) is 23.6 Å². The van der Waals surface area contributed by atoms with Gasteiger partial charge in [-0.15, -0.1) is 0 Å². The highest BCUT2D eigenvalue weighted by molar-refractivity contribution is 5.95. The van der Waals surface area contributed by atoms with Crippen LogP contribution in [0, 0.1) is 0 Å². The van der Waals surface area contributed by atoms with Gasteiger partial charge in [0.1, 0.15) is 0 Å². The fourth-order valence-corrected chi connectivity index (χ4v) is 5.10. The van der Waals surface area contributed by atoms with Crippen LogP contribution in [0.3, 0.4) is 0 Å². The van der Waals surface area contributed by atoms with Gasteiger partial charge in [0.25, 0.3) is 11.8 Å². The van der Waals surface area contributed by atoms with Crippen molar-refractivity contribution in [2.24, 2.45) is 0 Å². The number of carbonyl (C=O) groups excluding carboxylic acids is 2. The molecule has 1 aliphatic rings.